The average Bonchev–Trinajstić information content (AvgIpc) is 3.27. The first kappa shape index (κ1) is 28.3. The van der Waals surface area contributed by atoms with Crippen LogP contribution in [0.3, 0.4) is 0 Å². The van der Waals surface area contributed by atoms with Crippen molar-refractivity contribution in [2.24, 2.45) is 0 Å². The van der Waals surface area contributed by atoms with E-state index in [4.69, 9.17) is 18.7 Å². The maximum absolute atomic E-state index is 13.5. The van der Waals surface area contributed by atoms with Crippen LogP contribution in [0.2, 0.25) is 0 Å². The topological polar surface area (TPSA) is 111 Å². The van der Waals surface area contributed by atoms with E-state index < -0.39 is 16.1 Å². The number of carbonyl (C=O) groups is 1. The van der Waals surface area contributed by atoms with E-state index in [1.807, 2.05) is 38.1 Å². The van der Waals surface area contributed by atoms with Gasteiger partial charge in [0.25, 0.3) is 5.91 Å². The number of amides is 1. The lowest BCUT2D eigenvalue weighted by Gasteiger charge is -2.34. The van der Waals surface area contributed by atoms with Crippen LogP contribution < -0.4 is 4.74 Å². The number of hydrogen-bond acceptors (Lipinski definition) is 8. The predicted octanol–water partition coefficient (Wildman–Crippen LogP) is 2.95. The van der Waals surface area contributed by atoms with E-state index in [1.165, 1.54) is 4.31 Å². The SMILES string of the molecule is Cc1noc(C)c1-c1ccc2c(c1)Cc1cccc(c1)CN(C(=O)C1CN(S(C)(=O)=O)CCO1)CCOCCO2. The number of sulfonamides is 1. The molecule has 214 valence electrons. The summed E-state index contributed by atoms with van der Waals surface area (Å²) in [6, 6.07) is 14.2. The lowest BCUT2D eigenvalue weighted by Crippen LogP contribution is -2.52. The molecule has 1 saturated heterocycles. The molecule has 2 aliphatic rings. The Morgan fingerprint density at radius 3 is 2.60 bits per heavy atom. The summed E-state index contributed by atoms with van der Waals surface area (Å²) in [5.74, 6) is 1.31. The van der Waals surface area contributed by atoms with Gasteiger partial charge in [-0.15, -0.1) is 0 Å². The number of hydrogen-bond donors (Lipinski definition) is 0. The predicted molar refractivity (Wildman–Crippen MR) is 149 cm³/mol. The second-order valence-corrected chi connectivity index (χ2v) is 12.2. The second-order valence-electron chi connectivity index (χ2n) is 10.2. The molecule has 40 heavy (non-hydrogen) atoms. The van der Waals surface area contributed by atoms with Crippen LogP contribution in [-0.2, 0) is 37.3 Å². The van der Waals surface area contributed by atoms with Gasteiger partial charge in [0.05, 0.1) is 31.8 Å². The number of aryl methyl sites for hydroxylation is 2. The third-order valence-electron chi connectivity index (χ3n) is 7.22. The highest BCUT2D eigenvalue weighted by atomic mass is 32.2. The molecule has 1 unspecified atom stereocenters. The van der Waals surface area contributed by atoms with E-state index >= 15 is 0 Å². The lowest BCUT2D eigenvalue weighted by atomic mass is 9.96. The number of rotatable bonds is 3. The van der Waals surface area contributed by atoms with Gasteiger partial charge >= 0.3 is 0 Å². The molecule has 1 atom stereocenters. The van der Waals surface area contributed by atoms with Gasteiger partial charge in [0.15, 0.2) is 0 Å². The van der Waals surface area contributed by atoms with Gasteiger partial charge in [0.1, 0.15) is 24.2 Å². The summed E-state index contributed by atoms with van der Waals surface area (Å²) >= 11 is 0. The zero-order valence-electron chi connectivity index (χ0n) is 23.1. The molecule has 2 aliphatic heterocycles. The fourth-order valence-electron chi connectivity index (χ4n) is 5.22. The van der Waals surface area contributed by atoms with E-state index in [-0.39, 0.29) is 25.6 Å². The molecule has 0 aliphatic carbocycles. The normalized spacial score (nSPS) is 19.4. The second kappa shape index (κ2) is 12.1. The third-order valence-corrected chi connectivity index (χ3v) is 8.49. The van der Waals surface area contributed by atoms with Gasteiger partial charge < -0.3 is 23.6 Å². The highest BCUT2D eigenvalue weighted by Gasteiger charge is 2.33. The van der Waals surface area contributed by atoms with Gasteiger partial charge in [-0.1, -0.05) is 35.5 Å². The largest absolute Gasteiger partial charge is 0.491 e. The van der Waals surface area contributed by atoms with E-state index in [2.05, 4.69) is 23.4 Å². The lowest BCUT2D eigenvalue weighted by molar-refractivity contribution is -0.148. The summed E-state index contributed by atoms with van der Waals surface area (Å²) in [6.45, 7) is 6.00. The molecule has 5 rings (SSSR count). The number of fused-ring (bicyclic) bond motifs is 3. The molecule has 0 radical (unpaired) electrons. The number of carbonyl (C=O) groups excluding carboxylic acids is 1. The van der Waals surface area contributed by atoms with Crippen molar-refractivity contribution in [3.05, 3.63) is 70.6 Å². The third kappa shape index (κ3) is 6.55. The molecule has 0 saturated carbocycles. The molecule has 3 heterocycles. The molecule has 1 aromatic heterocycles. The van der Waals surface area contributed by atoms with E-state index in [9.17, 15) is 13.2 Å². The smallest absolute Gasteiger partial charge is 0.253 e. The summed E-state index contributed by atoms with van der Waals surface area (Å²) in [7, 11) is -3.42. The van der Waals surface area contributed by atoms with Gasteiger partial charge in [-0.05, 0) is 48.2 Å². The van der Waals surface area contributed by atoms with Crippen molar-refractivity contribution in [1.29, 1.82) is 0 Å². The Hall–Kier alpha value is -3.25. The number of morpholine rings is 1. The minimum Gasteiger partial charge on any atom is -0.491 e. The molecule has 1 amide bonds. The number of benzene rings is 2. The summed E-state index contributed by atoms with van der Waals surface area (Å²) in [6.07, 6.45) is 0.923. The first-order chi connectivity index (χ1) is 19.2. The van der Waals surface area contributed by atoms with Gasteiger partial charge in [-0.3, -0.25) is 4.79 Å². The fraction of sp³-hybridized carbons (Fsp3) is 0.448. The van der Waals surface area contributed by atoms with Gasteiger partial charge in [0.2, 0.25) is 10.0 Å². The maximum Gasteiger partial charge on any atom is 0.253 e. The first-order valence-electron chi connectivity index (χ1n) is 13.4. The highest BCUT2D eigenvalue weighted by Crippen LogP contribution is 2.32. The molecule has 0 spiro atoms. The molecule has 2 bridgehead atoms. The number of nitrogens with zero attached hydrogens (tertiary/aromatic N) is 3. The van der Waals surface area contributed by atoms with Gasteiger partial charge in [0, 0.05) is 38.2 Å². The summed E-state index contributed by atoms with van der Waals surface area (Å²) in [5.41, 5.74) is 5.89. The summed E-state index contributed by atoms with van der Waals surface area (Å²) in [4.78, 5) is 15.2. The van der Waals surface area contributed by atoms with Gasteiger partial charge in [-0.2, -0.15) is 4.31 Å². The van der Waals surface area contributed by atoms with Crippen molar-refractivity contribution in [1.82, 2.24) is 14.4 Å². The Morgan fingerprint density at radius 1 is 1.00 bits per heavy atom. The van der Waals surface area contributed by atoms with Crippen molar-refractivity contribution >= 4 is 15.9 Å². The van der Waals surface area contributed by atoms with Crippen molar-refractivity contribution in [2.75, 3.05) is 52.3 Å². The zero-order chi connectivity index (χ0) is 28.3. The molecule has 1 fully saturated rings. The molecule has 10 nitrogen and oxygen atoms in total. The Kier molecular flexibility index (Phi) is 8.55. The zero-order valence-corrected chi connectivity index (χ0v) is 23.9. The quantitative estimate of drug-likeness (QED) is 0.474. The van der Waals surface area contributed by atoms with Crippen molar-refractivity contribution < 1.29 is 31.9 Å². The molecule has 2 aromatic carbocycles. The van der Waals surface area contributed by atoms with Crippen LogP contribution in [0.5, 0.6) is 5.75 Å². The number of aromatic nitrogens is 1. The van der Waals surface area contributed by atoms with Crippen molar-refractivity contribution in [3.8, 4) is 16.9 Å². The van der Waals surface area contributed by atoms with Crippen LogP contribution in [0.15, 0.2) is 47.0 Å². The first-order valence-corrected chi connectivity index (χ1v) is 15.2. The average molecular weight is 570 g/mol. The summed E-state index contributed by atoms with van der Waals surface area (Å²) < 4.78 is 48.5. The van der Waals surface area contributed by atoms with E-state index in [1.54, 1.807) is 4.90 Å². The molecular formula is C29H35N3O7S. The van der Waals surface area contributed by atoms with Crippen molar-refractivity contribution in [2.45, 2.75) is 32.9 Å². The monoisotopic (exact) mass is 569 g/mol. The molecule has 11 heteroatoms. The van der Waals surface area contributed by atoms with Crippen molar-refractivity contribution in [3.63, 3.8) is 0 Å². The molecule has 0 N–H and O–H groups in total. The van der Waals surface area contributed by atoms with Crippen LogP contribution in [0.4, 0.5) is 0 Å². The Balaban J connectivity index is 1.41. The maximum atomic E-state index is 13.5. The highest BCUT2D eigenvalue weighted by molar-refractivity contribution is 7.88. The van der Waals surface area contributed by atoms with Crippen LogP contribution in [0.25, 0.3) is 11.1 Å². The molecular weight excluding hydrogens is 534 g/mol. The van der Waals surface area contributed by atoms with Crippen LogP contribution in [0, 0.1) is 13.8 Å². The van der Waals surface area contributed by atoms with E-state index in [0.717, 1.165) is 51.3 Å². The Bertz CT molecular complexity index is 1450. The number of ether oxygens (including phenoxy) is 3. The van der Waals surface area contributed by atoms with Crippen LogP contribution in [-0.4, -0.2) is 87.1 Å². The minimum absolute atomic E-state index is 0.00710. The Labute approximate surface area is 234 Å². The van der Waals surface area contributed by atoms with E-state index in [0.29, 0.717) is 39.3 Å². The Morgan fingerprint density at radius 2 is 1.82 bits per heavy atom. The minimum atomic E-state index is -3.42. The van der Waals surface area contributed by atoms with Crippen LogP contribution >= 0.6 is 0 Å². The van der Waals surface area contributed by atoms with Gasteiger partial charge in [-0.25, -0.2) is 8.42 Å². The fourth-order valence-corrected chi connectivity index (χ4v) is 6.03. The van der Waals surface area contributed by atoms with Crippen LogP contribution in [0.1, 0.15) is 28.1 Å². The summed E-state index contributed by atoms with van der Waals surface area (Å²) in [5, 5.41) is 4.10. The standard InChI is InChI=1S/C29H35N3O7S/c1-20-28(21(2)39-30-20)24-7-8-26-25(17-24)16-22-5-4-6-23(15-22)18-31(9-11-36-13-14-38-26)29(33)27-19-32(10-12-37-27)40(3,34)35/h4-8,15,17,27H,9-14,16,18-19H2,1-3H3. The molecule has 3 aromatic rings.